The minimum atomic E-state index is -4.88. The van der Waals surface area contributed by atoms with Crippen molar-refractivity contribution in [1.82, 2.24) is 10.2 Å². The Morgan fingerprint density at radius 3 is 2.75 bits per heavy atom. The van der Waals surface area contributed by atoms with Crippen LogP contribution in [-0.2, 0) is 0 Å². The third-order valence-electron chi connectivity index (χ3n) is 5.71. The highest BCUT2D eigenvalue weighted by Crippen LogP contribution is 2.40. The molecule has 1 saturated heterocycles. The van der Waals surface area contributed by atoms with Crippen LogP contribution in [0.5, 0.6) is 0 Å². The Bertz CT molecular complexity index is 1090. The molecular formula is C21H18ClF4N3O3. The summed E-state index contributed by atoms with van der Waals surface area (Å²) >= 11 is 6.20. The molecule has 0 radical (unpaired) electrons. The van der Waals surface area contributed by atoms with Crippen LogP contribution >= 0.6 is 11.6 Å². The topological polar surface area (TPSA) is 81.7 Å². The number of fused-ring (bicyclic) bond motifs is 1. The average molecular weight is 472 g/mol. The van der Waals surface area contributed by atoms with Crippen molar-refractivity contribution < 1.29 is 32.3 Å². The summed E-state index contributed by atoms with van der Waals surface area (Å²) in [6.07, 6.45) is -5.41. The number of nitrogens with zero attached hydrogens (tertiary/aromatic N) is 1. The number of nitrogens with one attached hydrogen (secondary N) is 2. The number of β-amino-alcohol motifs (C(OH)–C–C–N with tert-alkyl or cyclic N) is 1. The number of halogens is 5. The van der Waals surface area contributed by atoms with Crippen LogP contribution < -0.4 is 10.6 Å². The second-order valence-electron chi connectivity index (χ2n) is 7.82. The zero-order chi connectivity index (χ0) is 23.3. The fourth-order valence-electron chi connectivity index (χ4n) is 4.07. The maximum atomic E-state index is 13.8. The van der Waals surface area contributed by atoms with E-state index < -0.39 is 48.5 Å². The van der Waals surface area contributed by atoms with E-state index in [0.717, 1.165) is 17.0 Å². The van der Waals surface area contributed by atoms with E-state index in [9.17, 15) is 32.3 Å². The van der Waals surface area contributed by atoms with Crippen LogP contribution in [0.15, 0.2) is 36.4 Å². The van der Waals surface area contributed by atoms with Crippen LogP contribution in [0.3, 0.4) is 0 Å². The lowest BCUT2D eigenvalue weighted by Crippen LogP contribution is -2.58. The van der Waals surface area contributed by atoms with Gasteiger partial charge in [-0.2, -0.15) is 13.2 Å². The summed E-state index contributed by atoms with van der Waals surface area (Å²) in [6, 6.07) is 6.43. The molecule has 2 heterocycles. The minimum absolute atomic E-state index is 0.0234. The highest BCUT2D eigenvalue weighted by atomic mass is 35.5. The Morgan fingerprint density at radius 2 is 2.03 bits per heavy atom. The van der Waals surface area contributed by atoms with E-state index in [1.807, 2.05) is 0 Å². The van der Waals surface area contributed by atoms with Gasteiger partial charge < -0.3 is 20.6 Å². The first-order valence-corrected chi connectivity index (χ1v) is 10.1. The number of hydrogen-bond donors (Lipinski definition) is 3. The molecule has 2 aromatic rings. The molecule has 0 aromatic heterocycles. The summed E-state index contributed by atoms with van der Waals surface area (Å²) in [4.78, 5) is 26.1. The van der Waals surface area contributed by atoms with Gasteiger partial charge in [-0.3, -0.25) is 4.79 Å². The smallest absolute Gasteiger partial charge is 0.379 e. The molecule has 4 rings (SSSR count). The first-order valence-electron chi connectivity index (χ1n) is 9.74. The van der Waals surface area contributed by atoms with Crippen molar-refractivity contribution in [3.05, 3.63) is 63.9 Å². The van der Waals surface area contributed by atoms with Crippen LogP contribution in [0.1, 0.15) is 40.4 Å². The third kappa shape index (κ3) is 3.88. The lowest BCUT2D eigenvalue weighted by molar-refractivity contribution is -0.271. The summed E-state index contributed by atoms with van der Waals surface area (Å²) in [7, 11) is 0. The van der Waals surface area contributed by atoms with Gasteiger partial charge >= 0.3 is 12.2 Å². The van der Waals surface area contributed by atoms with E-state index in [1.54, 1.807) is 0 Å². The van der Waals surface area contributed by atoms with Gasteiger partial charge in [0.15, 0.2) is 5.60 Å². The van der Waals surface area contributed by atoms with Crippen LogP contribution in [0.2, 0.25) is 5.02 Å². The molecule has 2 aromatic carbocycles. The lowest BCUT2D eigenvalue weighted by atomic mass is 9.92. The second-order valence-corrected chi connectivity index (χ2v) is 8.23. The van der Waals surface area contributed by atoms with Gasteiger partial charge in [-0.1, -0.05) is 17.7 Å². The Hall–Kier alpha value is -2.85. The van der Waals surface area contributed by atoms with Gasteiger partial charge in [0.2, 0.25) is 0 Å². The zero-order valence-corrected chi connectivity index (χ0v) is 17.2. The normalized spacial score (nSPS) is 23.0. The molecule has 1 fully saturated rings. The van der Waals surface area contributed by atoms with Gasteiger partial charge in [0.1, 0.15) is 5.82 Å². The molecule has 0 aliphatic carbocycles. The van der Waals surface area contributed by atoms with Gasteiger partial charge in [0, 0.05) is 33.9 Å². The number of likely N-dealkylation sites (tertiary alicyclic amines) is 1. The Labute approximate surface area is 185 Å². The van der Waals surface area contributed by atoms with E-state index in [-0.39, 0.29) is 34.8 Å². The molecule has 2 atom stereocenters. The fourth-order valence-corrected chi connectivity index (χ4v) is 4.30. The number of aliphatic hydroxyl groups is 1. The lowest BCUT2D eigenvalue weighted by Gasteiger charge is -2.40. The van der Waals surface area contributed by atoms with Crippen molar-refractivity contribution in [3.8, 4) is 0 Å². The van der Waals surface area contributed by atoms with Crippen LogP contribution in [-0.4, -0.2) is 46.8 Å². The quantitative estimate of drug-likeness (QED) is 0.573. The third-order valence-corrected chi connectivity index (χ3v) is 6.06. The van der Waals surface area contributed by atoms with Crippen LogP contribution in [0.25, 0.3) is 0 Å². The Morgan fingerprint density at radius 1 is 1.28 bits per heavy atom. The summed E-state index contributed by atoms with van der Waals surface area (Å²) in [5.74, 6) is -1.04. The molecule has 2 aliphatic rings. The van der Waals surface area contributed by atoms with Crippen molar-refractivity contribution in [2.45, 2.75) is 30.7 Å². The molecule has 0 spiro atoms. The predicted octanol–water partition coefficient (Wildman–Crippen LogP) is 4.23. The number of carbonyl (C=O) groups excluding carboxylic acids is 2. The van der Waals surface area contributed by atoms with Gasteiger partial charge in [-0.05, 0) is 43.2 Å². The highest BCUT2D eigenvalue weighted by molar-refractivity contribution is 6.31. The van der Waals surface area contributed by atoms with E-state index in [2.05, 4.69) is 10.6 Å². The Kier molecular flexibility index (Phi) is 5.54. The SMILES string of the molecule is O=C1N[C@H](c2cc(F)ccc2Cl)c2c(NC(=O)N3CCC[C@@](O)(C(F)(F)F)C3)cccc21. The van der Waals surface area contributed by atoms with Crippen molar-refractivity contribution >= 4 is 29.2 Å². The van der Waals surface area contributed by atoms with Gasteiger partial charge in [0.05, 0.1) is 12.6 Å². The van der Waals surface area contributed by atoms with E-state index >= 15 is 0 Å². The summed E-state index contributed by atoms with van der Waals surface area (Å²) in [5, 5.41) is 15.4. The highest BCUT2D eigenvalue weighted by Gasteiger charge is 2.56. The monoisotopic (exact) mass is 471 g/mol. The number of anilines is 1. The number of rotatable bonds is 2. The van der Waals surface area contributed by atoms with E-state index in [4.69, 9.17) is 11.6 Å². The molecule has 0 bridgehead atoms. The first-order chi connectivity index (χ1) is 15.0. The van der Waals surface area contributed by atoms with Gasteiger partial charge in [-0.25, -0.2) is 9.18 Å². The van der Waals surface area contributed by atoms with Crippen LogP contribution in [0, 0.1) is 5.82 Å². The number of urea groups is 1. The van der Waals surface area contributed by atoms with Crippen molar-refractivity contribution in [2.75, 3.05) is 18.4 Å². The number of alkyl halides is 3. The largest absolute Gasteiger partial charge is 0.418 e. The first kappa shape index (κ1) is 22.3. The number of carbonyl (C=O) groups is 2. The van der Waals surface area contributed by atoms with Crippen molar-refractivity contribution in [1.29, 1.82) is 0 Å². The second kappa shape index (κ2) is 7.93. The molecule has 3 N–H and O–H groups in total. The molecule has 11 heteroatoms. The number of benzene rings is 2. The molecule has 32 heavy (non-hydrogen) atoms. The number of piperidine rings is 1. The number of amides is 3. The van der Waals surface area contributed by atoms with E-state index in [0.29, 0.717) is 5.56 Å². The average Bonchev–Trinajstić information content (AvgIpc) is 3.06. The zero-order valence-electron chi connectivity index (χ0n) is 16.5. The molecule has 0 unspecified atom stereocenters. The molecule has 2 aliphatic heterocycles. The van der Waals surface area contributed by atoms with Gasteiger partial charge in [-0.15, -0.1) is 0 Å². The minimum Gasteiger partial charge on any atom is -0.379 e. The molecule has 3 amide bonds. The summed E-state index contributed by atoms with van der Waals surface area (Å²) < 4.78 is 53.5. The molecule has 170 valence electrons. The van der Waals surface area contributed by atoms with Gasteiger partial charge in [0.25, 0.3) is 5.91 Å². The van der Waals surface area contributed by atoms with Crippen molar-refractivity contribution in [2.24, 2.45) is 0 Å². The van der Waals surface area contributed by atoms with Crippen molar-refractivity contribution in [3.63, 3.8) is 0 Å². The molecule has 0 saturated carbocycles. The standard InChI is InChI=1S/C21H18ClF4N3O3/c22-14-6-5-11(23)9-13(14)17-16-12(18(30)28-17)3-1-4-15(16)27-19(31)29-8-2-7-20(32,10-29)21(24,25)26/h1,3-6,9,17,32H,2,7-8,10H2,(H,27,31)(H,28,30)/t17-,20+/m1/s1. The fraction of sp³-hybridized carbons (Fsp3) is 0.333. The van der Waals surface area contributed by atoms with Crippen LogP contribution in [0.4, 0.5) is 28.0 Å². The maximum Gasteiger partial charge on any atom is 0.418 e. The molecular weight excluding hydrogens is 454 g/mol. The van der Waals surface area contributed by atoms with E-state index in [1.165, 1.54) is 24.3 Å². The predicted molar refractivity (Wildman–Crippen MR) is 108 cm³/mol. The summed E-state index contributed by atoms with van der Waals surface area (Å²) in [5.41, 5.74) is -2.02. The number of hydrogen-bond acceptors (Lipinski definition) is 3. The summed E-state index contributed by atoms with van der Waals surface area (Å²) in [6.45, 7) is -0.886. The maximum absolute atomic E-state index is 13.8. The Balaban J connectivity index is 1.65. The molecule has 6 nitrogen and oxygen atoms in total.